The summed E-state index contributed by atoms with van der Waals surface area (Å²) in [5.41, 5.74) is 0. The molecule has 4 nitrogen and oxygen atoms in total. The van der Waals surface area contributed by atoms with Crippen molar-refractivity contribution >= 4 is 29.5 Å². The predicted molar refractivity (Wildman–Crippen MR) is 90.9 cm³/mol. The number of esters is 1. The normalized spacial score (nSPS) is 11.0. The standard InChI is InChI=1S/C18H19O4P/c1-2-22-18(20)13-15(19)14-23(21,16-9-5-3-6-10-16)17-11-7-4-8-12-17/h3-12H,2,13-14H2,1H3. The molecule has 5 heteroatoms. The van der Waals surface area contributed by atoms with Crippen molar-refractivity contribution in [3.05, 3.63) is 60.7 Å². The van der Waals surface area contributed by atoms with Crippen molar-refractivity contribution in [2.24, 2.45) is 0 Å². The zero-order valence-corrected chi connectivity index (χ0v) is 13.9. The van der Waals surface area contributed by atoms with Crippen LogP contribution in [0.15, 0.2) is 60.7 Å². The second-order valence-electron chi connectivity index (χ2n) is 5.09. The molecule has 0 amide bonds. The Morgan fingerprint density at radius 3 is 1.83 bits per heavy atom. The van der Waals surface area contributed by atoms with E-state index >= 15 is 0 Å². The molecule has 0 aliphatic carbocycles. The average molecular weight is 330 g/mol. The van der Waals surface area contributed by atoms with E-state index in [-0.39, 0.29) is 25.0 Å². The molecular weight excluding hydrogens is 311 g/mol. The van der Waals surface area contributed by atoms with Gasteiger partial charge in [0.05, 0.1) is 12.8 Å². The van der Waals surface area contributed by atoms with Gasteiger partial charge in [-0.15, -0.1) is 0 Å². The van der Waals surface area contributed by atoms with E-state index in [1.807, 2.05) is 12.1 Å². The molecule has 0 fully saturated rings. The largest absolute Gasteiger partial charge is 0.466 e. The zero-order valence-electron chi connectivity index (χ0n) is 13.0. The highest BCUT2D eigenvalue weighted by Crippen LogP contribution is 2.43. The van der Waals surface area contributed by atoms with Gasteiger partial charge in [-0.05, 0) is 6.92 Å². The van der Waals surface area contributed by atoms with Gasteiger partial charge in [0.1, 0.15) is 13.6 Å². The number of carbonyl (C=O) groups excluding carboxylic acids is 2. The Hall–Kier alpha value is -2.19. The number of Topliss-reactive ketones (excluding diaryl/α,β-unsaturated/α-hetero) is 1. The van der Waals surface area contributed by atoms with E-state index in [4.69, 9.17) is 4.74 Å². The Balaban J connectivity index is 2.31. The lowest BCUT2D eigenvalue weighted by Gasteiger charge is -2.18. The number of benzene rings is 2. The summed E-state index contributed by atoms with van der Waals surface area (Å²) >= 11 is 0. The van der Waals surface area contributed by atoms with Crippen molar-refractivity contribution < 1.29 is 18.9 Å². The SMILES string of the molecule is CCOC(=O)CC(=O)CP(=O)(c1ccccc1)c1ccccc1. The first-order chi connectivity index (χ1) is 11.1. The molecule has 120 valence electrons. The Labute approximate surface area is 135 Å². The van der Waals surface area contributed by atoms with Gasteiger partial charge in [-0.25, -0.2) is 0 Å². The molecule has 2 rings (SSSR count). The molecule has 2 aromatic carbocycles. The maximum atomic E-state index is 13.6. The van der Waals surface area contributed by atoms with E-state index in [1.165, 1.54) is 0 Å². The summed E-state index contributed by atoms with van der Waals surface area (Å²) in [5.74, 6) is -0.954. The number of ketones is 1. The fourth-order valence-corrected chi connectivity index (χ4v) is 4.93. The van der Waals surface area contributed by atoms with Gasteiger partial charge in [0.25, 0.3) is 0 Å². The van der Waals surface area contributed by atoms with Crippen LogP contribution < -0.4 is 10.6 Å². The number of hydrogen-bond donors (Lipinski definition) is 0. The summed E-state index contributed by atoms with van der Waals surface area (Å²) in [7, 11) is -3.11. The second-order valence-corrected chi connectivity index (χ2v) is 7.92. The molecule has 2 aromatic rings. The lowest BCUT2D eigenvalue weighted by Crippen LogP contribution is -2.24. The molecule has 0 saturated heterocycles. The maximum Gasteiger partial charge on any atom is 0.313 e. The predicted octanol–water partition coefficient (Wildman–Crippen LogP) is 2.52. The summed E-state index contributed by atoms with van der Waals surface area (Å²) in [5, 5.41) is 1.23. The van der Waals surface area contributed by atoms with Crippen molar-refractivity contribution in [3.63, 3.8) is 0 Å². The molecule has 0 heterocycles. The van der Waals surface area contributed by atoms with Crippen LogP contribution in [-0.4, -0.2) is 24.5 Å². The van der Waals surface area contributed by atoms with E-state index in [0.29, 0.717) is 10.6 Å². The lowest BCUT2D eigenvalue weighted by molar-refractivity contribution is -0.145. The van der Waals surface area contributed by atoms with Crippen LogP contribution in [0.4, 0.5) is 0 Å². The number of hydrogen-bond acceptors (Lipinski definition) is 4. The molecule has 0 aromatic heterocycles. The molecular formula is C18H19O4P. The van der Waals surface area contributed by atoms with Crippen LogP contribution in [0.1, 0.15) is 13.3 Å². The summed E-state index contributed by atoms with van der Waals surface area (Å²) in [4.78, 5) is 23.7. The monoisotopic (exact) mass is 330 g/mol. The van der Waals surface area contributed by atoms with Crippen LogP contribution in [0.3, 0.4) is 0 Å². The van der Waals surface area contributed by atoms with Crippen molar-refractivity contribution in [2.75, 3.05) is 12.8 Å². The van der Waals surface area contributed by atoms with E-state index in [2.05, 4.69) is 0 Å². The van der Waals surface area contributed by atoms with Gasteiger partial charge < -0.3 is 9.30 Å². The Bertz CT molecular complexity index is 667. The molecule has 0 bridgehead atoms. The average Bonchev–Trinajstić information content (AvgIpc) is 2.56. The van der Waals surface area contributed by atoms with Crippen molar-refractivity contribution in [3.8, 4) is 0 Å². The molecule has 0 radical (unpaired) electrons. The van der Waals surface area contributed by atoms with Gasteiger partial charge in [0.15, 0.2) is 5.78 Å². The second kappa shape index (κ2) is 7.89. The van der Waals surface area contributed by atoms with Gasteiger partial charge >= 0.3 is 5.97 Å². The third-order valence-electron chi connectivity index (χ3n) is 3.39. The molecule has 23 heavy (non-hydrogen) atoms. The molecule has 0 saturated carbocycles. The van der Waals surface area contributed by atoms with Gasteiger partial charge in [-0.1, -0.05) is 60.7 Å². The molecule has 0 atom stereocenters. The third-order valence-corrected chi connectivity index (χ3v) is 6.46. The highest BCUT2D eigenvalue weighted by Gasteiger charge is 2.30. The van der Waals surface area contributed by atoms with Crippen LogP contribution >= 0.6 is 7.14 Å². The third kappa shape index (κ3) is 4.40. The van der Waals surface area contributed by atoms with E-state index in [0.717, 1.165) is 0 Å². The van der Waals surface area contributed by atoms with Gasteiger partial charge in [0.2, 0.25) is 0 Å². The first-order valence-corrected chi connectivity index (χ1v) is 9.33. The summed E-state index contributed by atoms with van der Waals surface area (Å²) in [6.07, 6.45) is -0.530. The molecule has 0 aliphatic heterocycles. The van der Waals surface area contributed by atoms with Crippen LogP contribution in [-0.2, 0) is 18.9 Å². The minimum Gasteiger partial charge on any atom is -0.466 e. The minimum absolute atomic E-state index is 0.181. The van der Waals surface area contributed by atoms with Crippen molar-refractivity contribution in [2.45, 2.75) is 13.3 Å². The summed E-state index contributed by atoms with van der Waals surface area (Å²) in [6, 6.07) is 17.9. The van der Waals surface area contributed by atoms with E-state index in [1.54, 1.807) is 55.5 Å². The highest BCUT2D eigenvalue weighted by atomic mass is 31.2. The van der Waals surface area contributed by atoms with E-state index in [9.17, 15) is 14.2 Å². The van der Waals surface area contributed by atoms with Crippen molar-refractivity contribution in [1.29, 1.82) is 0 Å². The van der Waals surface area contributed by atoms with Gasteiger partial charge in [-0.3, -0.25) is 9.59 Å². The van der Waals surface area contributed by atoms with Gasteiger partial charge in [0, 0.05) is 10.6 Å². The fraction of sp³-hybridized carbons (Fsp3) is 0.222. The molecule has 0 N–H and O–H groups in total. The zero-order chi connectivity index (χ0) is 16.7. The summed E-state index contributed by atoms with van der Waals surface area (Å²) < 4.78 is 18.4. The van der Waals surface area contributed by atoms with Crippen LogP contribution in [0.2, 0.25) is 0 Å². The first-order valence-electron chi connectivity index (χ1n) is 7.44. The number of ether oxygens (including phenoxy) is 1. The molecule has 0 unspecified atom stereocenters. The van der Waals surface area contributed by atoms with Crippen LogP contribution in [0.25, 0.3) is 0 Å². The number of rotatable bonds is 7. The summed E-state index contributed by atoms with van der Waals surface area (Å²) in [6.45, 7) is 1.91. The van der Waals surface area contributed by atoms with E-state index < -0.39 is 13.1 Å². The van der Waals surface area contributed by atoms with Gasteiger partial charge in [-0.2, -0.15) is 0 Å². The first kappa shape index (κ1) is 17.2. The Morgan fingerprint density at radius 2 is 1.39 bits per heavy atom. The van der Waals surface area contributed by atoms with Crippen LogP contribution in [0, 0.1) is 0 Å². The maximum absolute atomic E-state index is 13.6. The molecule has 0 aliphatic rings. The van der Waals surface area contributed by atoms with Crippen LogP contribution in [0.5, 0.6) is 0 Å². The lowest BCUT2D eigenvalue weighted by atomic mass is 10.3. The Morgan fingerprint density at radius 1 is 0.913 bits per heavy atom. The van der Waals surface area contributed by atoms with Crippen molar-refractivity contribution in [1.82, 2.24) is 0 Å². The Kier molecular flexibility index (Phi) is 5.89. The quantitative estimate of drug-likeness (QED) is 0.445. The smallest absolute Gasteiger partial charge is 0.313 e. The topological polar surface area (TPSA) is 60.4 Å². The minimum atomic E-state index is -3.11. The highest BCUT2D eigenvalue weighted by molar-refractivity contribution is 7.79. The fourth-order valence-electron chi connectivity index (χ4n) is 2.35. The molecule has 0 spiro atoms. The number of carbonyl (C=O) groups is 2.